The van der Waals surface area contributed by atoms with Crippen molar-refractivity contribution in [3.63, 3.8) is 0 Å². The number of ether oxygens (including phenoxy) is 1. The van der Waals surface area contributed by atoms with Gasteiger partial charge in [0.05, 0.1) is 7.11 Å². The molecule has 2 rings (SSSR count). The zero-order valence-corrected chi connectivity index (χ0v) is 12.2. The lowest BCUT2D eigenvalue weighted by atomic mass is 9.98. The van der Waals surface area contributed by atoms with Gasteiger partial charge in [-0.25, -0.2) is 8.78 Å². The molecule has 1 unspecified atom stereocenters. The van der Waals surface area contributed by atoms with E-state index in [0.29, 0.717) is 12.0 Å². The lowest BCUT2D eigenvalue weighted by molar-refractivity contribution is 0.413. The number of halogens is 2. The van der Waals surface area contributed by atoms with Gasteiger partial charge in [-0.3, -0.25) is 0 Å². The van der Waals surface area contributed by atoms with E-state index in [1.54, 1.807) is 7.11 Å². The summed E-state index contributed by atoms with van der Waals surface area (Å²) in [7, 11) is 1.60. The quantitative estimate of drug-likeness (QED) is 0.872. The molecule has 2 aromatic rings. The van der Waals surface area contributed by atoms with E-state index in [9.17, 15) is 8.78 Å². The van der Waals surface area contributed by atoms with Crippen molar-refractivity contribution < 1.29 is 13.5 Å². The highest BCUT2D eigenvalue weighted by molar-refractivity contribution is 5.32. The SMILES string of the molecule is CCNC(Cc1cc(F)ccc1F)c1cccc(OC)c1. The van der Waals surface area contributed by atoms with Gasteiger partial charge in [-0.05, 0) is 54.4 Å². The Balaban J connectivity index is 2.28. The smallest absolute Gasteiger partial charge is 0.126 e. The highest BCUT2D eigenvalue weighted by atomic mass is 19.1. The van der Waals surface area contributed by atoms with Crippen molar-refractivity contribution in [2.75, 3.05) is 13.7 Å². The molecule has 0 bridgehead atoms. The Hall–Kier alpha value is -1.94. The first kappa shape index (κ1) is 15.4. The number of nitrogens with one attached hydrogen (secondary N) is 1. The van der Waals surface area contributed by atoms with Gasteiger partial charge < -0.3 is 10.1 Å². The van der Waals surface area contributed by atoms with Crippen LogP contribution in [-0.4, -0.2) is 13.7 Å². The maximum absolute atomic E-state index is 13.8. The molecule has 0 aliphatic carbocycles. The van der Waals surface area contributed by atoms with Crippen molar-refractivity contribution in [3.8, 4) is 5.75 Å². The molecule has 0 heterocycles. The Morgan fingerprint density at radius 3 is 2.67 bits per heavy atom. The van der Waals surface area contributed by atoms with Crippen molar-refractivity contribution in [1.29, 1.82) is 0 Å². The van der Waals surface area contributed by atoms with Crippen molar-refractivity contribution in [2.45, 2.75) is 19.4 Å². The summed E-state index contributed by atoms with van der Waals surface area (Å²) in [5.41, 5.74) is 1.35. The molecule has 21 heavy (non-hydrogen) atoms. The molecule has 1 atom stereocenters. The molecule has 2 nitrogen and oxygen atoms in total. The minimum Gasteiger partial charge on any atom is -0.497 e. The molecular weight excluding hydrogens is 272 g/mol. The molecular formula is C17H19F2NO. The molecule has 0 aliphatic rings. The molecule has 0 spiro atoms. The zero-order valence-electron chi connectivity index (χ0n) is 12.2. The second-order valence-electron chi connectivity index (χ2n) is 4.83. The number of likely N-dealkylation sites (N-methyl/N-ethyl adjacent to an activating group) is 1. The van der Waals surface area contributed by atoms with Crippen LogP contribution in [0.1, 0.15) is 24.1 Å². The fourth-order valence-corrected chi connectivity index (χ4v) is 2.33. The van der Waals surface area contributed by atoms with Crippen molar-refractivity contribution >= 4 is 0 Å². The van der Waals surface area contributed by atoms with E-state index in [0.717, 1.165) is 23.9 Å². The molecule has 0 radical (unpaired) electrons. The van der Waals surface area contributed by atoms with Crippen LogP contribution in [0.4, 0.5) is 8.78 Å². The third-order valence-electron chi connectivity index (χ3n) is 3.38. The predicted molar refractivity (Wildman–Crippen MR) is 79.5 cm³/mol. The second kappa shape index (κ2) is 7.18. The number of benzene rings is 2. The summed E-state index contributed by atoms with van der Waals surface area (Å²) in [6, 6.07) is 11.1. The molecule has 0 saturated carbocycles. The van der Waals surface area contributed by atoms with Gasteiger partial charge in [0.15, 0.2) is 0 Å². The summed E-state index contributed by atoms with van der Waals surface area (Å²) >= 11 is 0. The van der Waals surface area contributed by atoms with E-state index in [1.807, 2.05) is 31.2 Å². The minimum absolute atomic E-state index is 0.0959. The van der Waals surface area contributed by atoms with Crippen molar-refractivity contribution in [3.05, 3.63) is 65.2 Å². The normalized spacial score (nSPS) is 12.2. The van der Waals surface area contributed by atoms with E-state index in [4.69, 9.17) is 4.74 Å². The molecule has 0 aliphatic heterocycles. The van der Waals surface area contributed by atoms with E-state index in [-0.39, 0.29) is 11.9 Å². The lowest BCUT2D eigenvalue weighted by Crippen LogP contribution is -2.23. The maximum Gasteiger partial charge on any atom is 0.126 e. The van der Waals surface area contributed by atoms with Crippen LogP contribution < -0.4 is 10.1 Å². The van der Waals surface area contributed by atoms with Crippen LogP contribution in [0, 0.1) is 11.6 Å². The van der Waals surface area contributed by atoms with Crippen LogP contribution in [-0.2, 0) is 6.42 Å². The summed E-state index contributed by atoms with van der Waals surface area (Å²) in [4.78, 5) is 0. The van der Waals surface area contributed by atoms with Crippen molar-refractivity contribution in [2.24, 2.45) is 0 Å². The van der Waals surface area contributed by atoms with Gasteiger partial charge >= 0.3 is 0 Å². The van der Waals surface area contributed by atoms with Crippen molar-refractivity contribution in [1.82, 2.24) is 5.32 Å². The topological polar surface area (TPSA) is 21.3 Å². The van der Waals surface area contributed by atoms with Gasteiger partial charge in [0.25, 0.3) is 0 Å². The lowest BCUT2D eigenvalue weighted by Gasteiger charge is -2.19. The Morgan fingerprint density at radius 2 is 1.95 bits per heavy atom. The van der Waals surface area contributed by atoms with Gasteiger partial charge in [-0.1, -0.05) is 19.1 Å². The van der Waals surface area contributed by atoms with Crippen LogP contribution >= 0.6 is 0 Å². The Labute approximate surface area is 123 Å². The van der Waals surface area contributed by atoms with Gasteiger partial charge in [-0.2, -0.15) is 0 Å². The molecule has 0 aromatic heterocycles. The van der Waals surface area contributed by atoms with E-state index in [1.165, 1.54) is 12.1 Å². The molecule has 0 fully saturated rings. The van der Waals surface area contributed by atoms with Crippen LogP contribution in [0.25, 0.3) is 0 Å². The average molecular weight is 291 g/mol. The summed E-state index contributed by atoms with van der Waals surface area (Å²) in [6.07, 6.45) is 0.380. The molecule has 1 N–H and O–H groups in total. The number of hydrogen-bond donors (Lipinski definition) is 1. The van der Waals surface area contributed by atoms with Crippen LogP contribution in [0.15, 0.2) is 42.5 Å². The van der Waals surface area contributed by atoms with E-state index >= 15 is 0 Å². The first-order chi connectivity index (χ1) is 10.1. The fraction of sp³-hybridized carbons (Fsp3) is 0.294. The van der Waals surface area contributed by atoms with Crippen LogP contribution in [0.2, 0.25) is 0 Å². The summed E-state index contributed by atoms with van der Waals surface area (Å²) in [5.74, 6) is -0.0652. The number of hydrogen-bond acceptors (Lipinski definition) is 2. The van der Waals surface area contributed by atoms with Gasteiger partial charge in [0.1, 0.15) is 17.4 Å². The third kappa shape index (κ3) is 4.02. The number of rotatable bonds is 6. The Bertz CT molecular complexity index is 601. The monoisotopic (exact) mass is 291 g/mol. The maximum atomic E-state index is 13.8. The standard InChI is InChI=1S/C17H19F2NO/c1-3-20-17(12-5-4-6-15(10-12)21-2)11-13-9-14(18)7-8-16(13)19/h4-10,17,20H,3,11H2,1-2H3. The molecule has 0 saturated heterocycles. The largest absolute Gasteiger partial charge is 0.497 e. The summed E-state index contributed by atoms with van der Waals surface area (Å²) in [6.45, 7) is 2.72. The average Bonchev–Trinajstić information content (AvgIpc) is 2.50. The number of methoxy groups -OCH3 is 1. The highest BCUT2D eigenvalue weighted by Crippen LogP contribution is 2.24. The van der Waals surface area contributed by atoms with E-state index < -0.39 is 5.82 Å². The summed E-state index contributed by atoms with van der Waals surface area (Å²) in [5, 5.41) is 3.30. The second-order valence-corrected chi connectivity index (χ2v) is 4.83. The molecule has 112 valence electrons. The predicted octanol–water partition coefficient (Wildman–Crippen LogP) is 3.87. The third-order valence-corrected chi connectivity index (χ3v) is 3.38. The van der Waals surface area contributed by atoms with Gasteiger partial charge in [0.2, 0.25) is 0 Å². The van der Waals surface area contributed by atoms with Crippen LogP contribution in [0.3, 0.4) is 0 Å². The molecule has 0 amide bonds. The Kier molecular flexibility index (Phi) is 5.28. The minimum atomic E-state index is -0.424. The zero-order chi connectivity index (χ0) is 15.2. The van der Waals surface area contributed by atoms with E-state index in [2.05, 4.69) is 5.32 Å². The van der Waals surface area contributed by atoms with Gasteiger partial charge in [0, 0.05) is 6.04 Å². The first-order valence-corrected chi connectivity index (χ1v) is 6.95. The molecule has 2 aromatic carbocycles. The first-order valence-electron chi connectivity index (χ1n) is 6.95. The van der Waals surface area contributed by atoms with Crippen LogP contribution in [0.5, 0.6) is 5.75 Å². The van der Waals surface area contributed by atoms with Gasteiger partial charge in [-0.15, -0.1) is 0 Å². The highest BCUT2D eigenvalue weighted by Gasteiger charge is 2.15. The summed E-state index contributed by atoms with van der Waals surface area (Å²) < 4.78 is 32.3. The fourth-order valence-electron chi connectivity index (χ4n) is 2.33. The molecule has 4 heteroatoms. The Morgan fingerprint density at radius 1 is 1.14 bits per heavy atom.